The Kier molecular flexibility index (Phi) is 2.01. The molecule has 2 aromatic heterocycles. The number of nitrogens with two attached hydrogens (primary N) is 1. The van der Waals surface area contributed by atoms with Gasteiger partial charge in [0.2, 0.25) is 0 Å². The van der Waals surface area contributed by atoms with E-state index in [2.05, 4.69) is 9.97 Å². The van der Waals surface area contributed by atoms with Crippen molar-refractivity contribution in [2.75, 3.05) is 5.73 Å². The van der Waals surface area contributed by atoms with Gasteiger partial charge in [0.15, 0.2) is 0 Å². The van der Waals surface area contributed by atoms with Gasteiger partial charge in [0.05, 0.1) is 5.69 Å². The molecule has 0 aliphatic heterocycles. The molecule has 0 spiro atoms. The molecule has 0 bridgehead atoms. The van der Waals surface area contributed by atoms with Crippen LogP contribution in [0.15, 0.2) is 42.7 Å². The normalized spacial score (nSPS) is 10.8. The van der Waals surface area contributed by atoms with E-state index in [1.807, 2.05) is 18.2 Å². The van der Waals surface area contributed by atoms with Crippen LogP contribution in [0, 0.1) is 0 Å². The van der Waals surface area contributed by atoms with E-state index in [4.69, 9.17) is 5.73 Å². The number of nitrogens with zero attached hydrogens (tertiary/aromatic N) is 1. The van der Waals surface area contributed by atoms with Gasteiger partial charge >= 0.3 is 0 Å². The van der Waals surface area contributed by atoms with Gasteiger partial charge in [0.1, 0.15) is 11.4 Å². The van der Waals surface area contributed by atoms with Crippen molar-refractivity contribution in [3.05, 3.63) is 42.7 Å². The van der Waals surface area contributed by atoms with E-state index < -0.39 is 0 Å². The number of hydrogen-bond acceptors (Lipinski definition) is 3. The van der Waals surface area contributed by atoms with E-state index in [1.165, 1.54) is 0 Å². The maximum atomic E-state index is 9.25. The second-order valence-corrected chi connectivity index (χ2v) is 3.91. The number of hydrogen-bond donors (Lipinski definition) is 3. The van der Waals surface area contributed by atoms with Crippen molar-refractivity contribution in [2.24, 2.45) is 0 Å². The molecule has 0 fully saturated rings. The van der Waals surface area contributed by atoms with Crippen LogP contribution in [-0.4, -0.2) is 15.1 Å². The summed E-state index contributed by atoms with van der Waals surface area (Å²) in [5, 5.41) is 10.2. The topological polar surface area (TPSA) is 74.9 Å². The van der Waals surface area contributed by atoms with E-state index in [0.717, 1.165) is 22.2 Å². The number of phenolic OH excluding ortho intramolecular Hbond substituents is 1. The highest BCUT2D eigenvalue weighted by molar-refractivity contribution is 5.91. The quantitative estimate of drug-likeness (QED) is 0.595. The fourth-order valence-electron chi connectivity index (χ4n) is 1.84. The van der Waals surface area contributed by atoms with E-state index >= 15 is 0 Å². The van der Waals surface area contributed by atoms with Crippen LogP contribution in [0.5, 0.6) is 5.75 Å². The minimum Gasteiger partial charge on any atom is -0.508 e. The Morgan fingerprint density at radius 3 is 2.65 bits per heavy atom. The number of nitrogens with one attached hydrogen (secondary N) is 1. The van der Waals surface area contributed by atoms with Gasteiger partial charge in [-0.25, -0.2) is 4.98 Å². The number of nitrogen functional groups attached to an aromatic ring is 1. The number of pyridine rings is 1. The van der Waals surface area contributed by atoms with E-state index in [0.29, 0.717) is 5.69 Å². The molecule has 4 N–H and O–H groups in total. The van der Waals surface area contributed by atoms with Crippen LogP contribution in [0.4, 0.5) is 5.69 Å². The predicted octanol–water partition coefficient (Wildman–Crippen LogP) is 2.52. The number of aromatic amines is 1. The third-order valence-electron chi connectivity index (χ3n) is 2.76. The molecule has 0 amide bonds. The molecule has 0 radical (unpaired) electrons. The molecule has 0 aliphatic rings. The first-order chi connectivity index (χ1) is 8.24. The molecular formula is C13H11N3O. The van der Waals surface area contributed by atoms with Crippen molar-refractivity contribution in [1.82, 2.24) is 9.97 Å². The lowest BCUT2D eigenvalue weighted by molar-refractivity contribution is 0.475. The van der Waals surface area contributed by atoms with Gasteiger partial charge in [0.25, 0.3) is 0 Å². The summed E-state index contributed by atoms with van der Waals surface area (Å²) in [5.74, 6) is 0.254. The maximum Gasteiger partial charge on any atom is 0.139 e. The van der Waals surface area contributed by atoms with Crippen LogP contribution in [0.1, 0.15) is 0 Å². The molecule has 0 atom stereocenters. The van der Waals surface area contributed by atoms with Crippen LogP contribution >= 0.6 is 0 Å². The van der Waals surface area contributed by atoms with Gasteiger partial charge < -0.3 is 15.8 Å². The second-order valence-electron chi connectivity index (χ2n) is 3.91. The van der Waals surface area contributed by atoms with Gasteiger partial charge in [-0.15, -0.1) is 0 Å². The van der Waals surface area contributed by atoms with Gasteiger partial charge in [-0.1, -0.05) is 12.1 Å². The summed E-state index contributed by atoms with van der Waals surface area (Å²) in [4.78, 5) is 7.30. The molecular weight excluding hydrogens is 214 g/mol. The summed E-state index contributed by atoms with van der Waals surface area (Å²) in [5.41, 5.74) is 9.28. The Bertz CT molecular complexity index is 671. The van der Waals surface area contributed by atoms with Gasteiger partial charge in [-0.2, -0.15) is 0 Å². The van der Waals surface area contributed by atoms with Gasteiger partial charge in [0, 0.05) is 23.3 Å². The zero-order valence-electron chi connectivity index (χ0n) is 9.01. The highest BCUT2D eigenvalue weighted by Crippen LogP contribution is 2.26. The molecule has 0 unspecified atom stereocenters. The molecule has 4 heteroatoms. The van der Waals surface area contributed by atoms with Crippen molar-refractivity contribution >= 4 is 16.7 Å². The number of aromatic nitrogens is 2. The van der Waals surface area contributed by atoms with Crippen molar-refractivity contribution in [3.63, 3.8) is 0 Å². The summed E-state index contributed by atoms with van der Waals surface area (Å²) in [6, 6.07) is 8.99. The molecule has 0 saturated heterocycles. The number of rotatable bonds is 1. The molecule has 0 saturated carbocycles. The highest BCUT2D eigenvalue weighted by atomic mass is 16.3. The van der Waals surface area contributed by atoms with Crippen LogP contribution in [0.3, 0.4) is 0 Å². The van der Waals surface area contributed by atoms with E-state index in [-0.39, 0.29) is 5.75 Å². The van der Waals surface area contributed by atoms with Crippen molar-refractivity contribution in [1.29, 1.82) is 0 Å². The minimum atomic E-state index is 0.254. The number of H-pyrrole nitrogens is 1. The molecule has 84 valence electrons. The van der Waals surface area contributed by atoms with Crippen LogP contribution < -0.4 is 5.73 Å². The fourth-order valence-corrected chi connectivity index (χ4v) is 1.84. The first-order valence-electron chi connectivity index (χ1n) is 5.26. The smallest absolute Gasteiger partial charge is 0.139 e. The SMILES string of the molecule is Nc1c[nH]c2ncc(-c3ccc(O)cc3)cc12. The average Bonchev–Trinajstić information content (AvgIpc) is 2.72. The third kappa shape index (κ3) is 1.59. The molecule has 3 aromatic rings. The Labute approximate surface area is 97.7 Å². The van der Waals surface area contributed by atoms with Crippen molar-refractivity contribution < 1.29 is 5.11 Å². The first-order valence-corrected chi connectivity index (χ1v) is 5.26. The standard InChI is InChI=1S/C13H11N3O/c14-12-7-16-13-11(12)5-9(6-15-13)8-1-3-10(17)4-2-8/h1-7,17H,14H2,(H,15,16). The lowest BCUT2D eigenvalue weighted by Gasteiger charge is -2.02. The number of phenols is 1. The minimum absolute atomic E-state index is 0.254. The molecule has 17 heavy (non-hydrogen) atoms. The van der Waals surface area contributed by atoms with E-state index in [1.54, 1.807) is 24.5 Å². The summed E-state index contributed by atoms with van der Waals surface area (Å²) in [6.07, 6.45) is 3.52. The molecule has 4 nitrogen and oxygen atoms in total. The first kappa shape index (κ1) is 9.72. The third-order valence-corrected chi connectivity index (χ3v) is 2.76. The van der Waals surface area contributed by atoms with E-state index in [9.17, 15) is 5.11 Å². The molecule has 0 aliphatic carbocycles. The number of benzene rings is 1. The van der Waals surface area contributed by atoms with Gasteiger partial charge in [-0.3, -0.25) is 0 Å². The Balaban J connectivity index is 2.17. The number of aromatic hydroxyl groups is 1. The van der Waals surface area contributed by atoms with Crippen molar-refractivity contribution in [2.45, 2.75) is 0 Å². The summed E-state index contributed by atoms with van der Waals surface area (Å²) < 4.78 is 0. The summed E-state index contributed by atoms with van der Waals surface area (Å²) in [6.45, 7) is 0. The van der Waals surface area contributed by atoms with Crippen LogP contribution in [0.2, 0.25) is 0 Å². The zero-order valence-corrected chi connectivity index (χ0v) is 9.01. The lowest BCUT2D eigenvalue weighted by atomic mass is 10.1. The molecule has 2 heterocycles. The largest absolute Gasteiger partial charge is 0.508 e. The monoisotopic (exact) mass is 225 g/mol. The second kappa shape index (κ2) is 3.52. The lowest BCUT2D eigenvalue weighted by Crippen LogP contribution is -1.84. The van der Waals surface area contributed by atoms with Crippen LogP contribution in [-0.2, 0) is 0 Å². The Morgan fingerprint density at radius 1 is 1.12 bits per heavy atom. The Morgan fingerprint density at radius 2 is 1.88 bits per heavy atom. The fraction of sp³-hybridized carbons (Fsp3) is 0. The zero-order chi connectivity index (χ0) is 11.8. The summed E-state index contributed by atoms with van der Waals surface area (Å²) >= 11 is 0. The molecule has 1 aromatic carbocycles. The summed E-state index contributed by atoms with van der Waals surface area (Å²) in [7, 11) is 0. The average molecular weight is 225 g/mol. The van der Waals surface area contributed by atoms with Crippen molar-refractivity contribution in [3.8, 4) is 16.9 Å². The number of fused-ring (bicyclic) bond motifs is 1. The maximum absolute atomic E-state index is 9.25. The van der Waals surface area contributed by atoms with Gasteiger partial charge in [-0.05, 0) is 23.8 Å². The number of anilines is 1. The molecule has 3 rings (SSSR count). The van der Waals surface area contributed by atoms with Crippen LogP contribution in [0.25, 0.3) is 22.2 Å². The highest BCUT2D eigenvalue weighted by Gasteiger charge is 2.04. The predicted molar refractivity (Wildman–Crippen MR) is 67.6 cm³/mol. The Hall–Kier alpha value is -2.49.